The van der Waals surface area contributed by atoms with Gasteiger partial charge in [0.25, 0.3) is 6.43 Å². The number of sulfonamides is 1. The van der Waals surface area contributed by atoms with E-state index in [0.717, 1.165) is 11.1 Å². The quantitative estimate of drug-likeness (QED) is 0.472. The number of halogens is 2. The molecule has 3 aromatic carbocycles. The van der Waals surface area contributed by atoms with Crippen LogP contribution in [0, 0.1) is 0 Å². The molecule has 0 spiro atoms. The molecule has 4 rings (SSSR count). The number of nitrogens with zero attached hydrogens (tertiary/aromatic N) is 1. The van der Waals surface area contributed by atoms with Crippen molar-refractivity contribution in [2.24, 2.45) is 5.14 Å². The summed E-state index contributed by atoms with van der Waals surface area (Å²) < 4.78 is 49.0. The highest BCUT2D eigenvalue weighted by atomic mass is 32.2. The molecule has 0 amide bonds. The van der Waals surface area contributed by atoms with Gasteiger partial charge in [-0.05, 0) is 35.4 Å². The van der Waals surface area contributed by atoms with Crippen molar-refractivity contribution in [2.45, 2.75) is 11.3 Å². The molecule has 5 nitrogen and oxygen atoms in total. The lowest BCUT2D eigenvalue weighted by Gasteiger charge is -2.07. The molecule has 0 aliphatic heterocycles. The Morgan fingerprint density at radius 3 is 2.40 bits per heavy atom. The molecule has 0 atom stereocenters. The van der Waals surface area contributed by atoms with Gasteiger partial charge in [-0.15, -0.1) is 0 Å². The SMILES string of the molecule is NS(=O)(=O)c1ccccc1-c1ccc2nc(C=Cc3ccc(C(F)F)cc3)[nH]c2c1. The van der Waals surface area contributed by atoms with Crippen LogP contribution in [-0.2, 0) is 10.0 Å². The minimum atomic E-state index is -3.86. The maximum atomic E-state index is 12.6. The summed E-state index contributed by atoms with van der Waals surface area (Å²) in [5, 5.41) is 5.33. The van der Waals surface area contributed by atoms with E-state index in [0.29, 0.717) is 22.5 Å². The first-order chi connectivity index (χ1) is 14.3. The summed E-state index contributed by atoms with van der Waals surface area (Å²) in [7, 11) is -3.86. The number of hydrogen-bond acceptors (Lipinski definition) is 3. The van der Waals surface area contributed by atoms with E-state index in [1.165, 1.54) is 18.2 Å². The van der Waals surface area contributed by atoms with E-state index >= 15 is 0 Å². The zero-order valence-corrected chi connectivity index (χ0v) is 16.4. The molecule has 30 heavy (non-hydrogen) atoms. The molecule has 1 heterocycles. The van der Waals surface area contributed by atoms with Crippen LogP contribution < -0.4 is 5.14 Å². The van der Waals surface area contributed by atoms with E-state index in [1.54, 1.807) is 60.7 Å². The van der Waals surface area contributed by atoms with Crippen molar-refractivity contribution in [3.63, 3.8) is 0 Å². The van der Waals surface area contributed by atoms with E-state index in [9.17, 15) is 17.2 Å². The number of nitrogens with one attached hydrogen (secondary N) is 1. The van der Waals surface area contributed by atoms with E-state index in [2.05, 4.69) is 9.97 Å². The van der Waals surface area contributed by atoms with Gasteiger partial charge in [-0.1, -0.05) is 54.6 Å². The van der Waals surface area contributed by atoms with Crippen LogP contribution in [0.4, 0.5) is 8.78 Å². The molecule has 0 fully saturated rings. The van der Waals surface area contributed by atoms with Crippen LogP contribution >= 0.6 is 0 Å². The molecule has 0 bridgehead atoms. The lowest BCUT2D eigenvalue weighted by Crippen LogP contribution is -2.13. The molecule has 152 valence electrons. The van der Waals surface area contributed by atoms with Crippen LogP contribution in [0.3, 0.4) is 0 Å². The van der Waals surface area contributed by atoms with Crippen molar-refractivity contribution < 1.29 is 17.2 Å². The predicted octanol–water partition coefficient (Wildman–Crippen LogP) is 4.99. The van der Waals surface area contributed by atoms with Gasteiger partial charge in [0.15, 0.2) is 0 Å². The molecule has 0 radical (unpaired) electrons. The fourth-order valence-electron chi connectivity index (χ4n) is 3.16. The highest BCUT2D eigenvalue weighted by Gasteiger charge is 2.15. The van der Waals surface area contributed by atoms with Crippen molar-refractivity contribution in [2.75, 3.05) is 0 Å². The summed E-state index contributed by atoms with van der Waals surface area (Å²) in [6, 6.07) is 17.9. The normalized spacial score (nSPS) is 12.3. The average Bonchev–Trinajstić information content (AvgIpc) is 3.14. The van der Waals surface area contributed by atoms with Crippen LogP contribution in [0.1, 0.15) is 23.4 Å². The van der Waals surface area contributed by atoms with Crippen LogP contribution in [0.15, 0.2) is 71.6 Å². The minimum Gasteiger partial charge on any atom is -0.338 e. The number of imidazole rings is 1. The highest BCUT2D eigenvalue weighted by molar-refractivity contribution is 7.89. The second kappa shape index (κ2) is 7.81. The zero-order chi connectivity index (χ0) is 21.3. The molecular formula is C22H17F2N3O2S. The average molecular weight is 425 g/mol. The van der Waals surface area contributed by atoms with Gasteiger partial charge in [0.05, 0.1) is 15.9 Å². The Hall–Kier alpha value is -3.36. The van der Waals surface area contributed by atoms with Gasteiger partial charge in [0.2, 0.25) is 10.0 Å². The molecule has 3 N–H and O–H groups in total. The van der Waals surface area contributed by atoms with Crippen molar-refractivity contribution >= 4 is 33.2 Å². The third kappa shape index (κ3) is 4.14. The predicted molar refractivity (Wildman–Crippen MR) is 113 cm³/mol. The molecule has 0 saturated heterocycles. The number of nitrogens with two attached hydrogens (primary N) is 1. The maximum Gasteiger partial charge on any atom is 0.263 e. The van der Waals surface area contributed by atoms with Crippen LogP contribution in [0.5, 0.6) is 0 Å². The number of primary sulfonamides is 1. The Morgan fingerprint density at radius 1 is 0.967 bits per heavy atom. The summed E-state index contributed by atoms with van der Waals surface area (Å²) in [5.41, 5.74) is 3.37. The number of H-pyrrole nitrogens is 1. The number of benzene rings is 3. The molecule has 8 heteroatoms. The second-order valence-corrected chi connectivity index (χ2v) is 8.23. The van der Waals surface area contributed by atoms with E-state index in [1.807, 2.05) is 0 Å². The van der Waals surface area contributed by atoms with Gasteiger partial charge in [-0.2, -0.15) is 0 Å². The van der Waals surface area contributed by atoms with Crippen molar-refractivity contribution in [3.8, 4) is 11.1 Å². The summed E-state index contributed by atoms with van der Waals surface area (Å²) in [6.07, 6.45) is 1.02. The monoisotopic (exact) mass is 425 g/mol. The van der Waals surface area contributed by atoms with Gasteiger partial charge >= 0.3 is 0 Å². The van der Waals surface area contributed by atoms with Crippen LogP contribution in [-0.4, -0.2) is 18.4 Å². The van der Waals surface area contributed by atoms with Crippen molar-refractivity contribution in [1.29, 1.82) is 0 Å². The second-order valence-electron chi connectivity index (χ2n) is 6.70. The Morgan fingerprint density at radius 2 is 1.70 bits per heavy atom. The molecule has 0 aliphatic rings. The third-order valence-corrected chi connectivity index (χ3v) is 5.60. The first kappa shape index (κ1) is 19.9. The van der Waals surface area contributed by atoms with Crippen LogP contribution in [0.25, 0.3) is 34.3 Å². The zero-order valence-electron chi connectivity index (χ0n) is 15.6. The molecule has 0 unspecified atom stereocenters. The molecule has 0 aliphatic carbocycles. The summed E-state index contributed by atoms with van der Waals surface area (Å²) in [4.78, 5) is 7.69. The largest absolute Gasteiger partial charge is 0.338 e. The van der Waals surface area contributed by atoms with Gasteiger partial charge < -0.3 is 4.98 Å². The summed E-state index contributed by atoms with van der Waals surface area (Å²) in [6.45, 7) is 0. The number of hydrogen-bond donors (Lipinski definition) is 2. The number of aromatic amines is 1. The first-order valence-electron chi connectivity index (χ1n) is 8.99. The Bertz CT molecular complexity index is 1340. The Labute approximate surface area is 171 Å². The third-order valence-electron chi connectivity index (χ3n) is 4.63. The van der Waals surface area contributed by atoms with Gasteiger partial charge in [-0.25, -0.2) is 27.3 Å². The molecule has 1 aromatic heterocycles. The summed E-state index contributed by atoms with van der Waals surface area (Å²) >= 11 is 0. The summed E-state index contributed by atoms with van der Waals surface area (Å²) in [5.74, 6) is 0.583. The fourth-order valence-corrected chi connectivity index (χ4v) is 3.92. The highest BCUT2D eigenvalue weighted by Crippen LogP contribution is 2.29. The standard InChI is InChI=1S/C22H17F2N3O2S/c23-22(24)15-8-5-14(6-9-15)7-12-21-26-18-11-10-16(13-19(18)27-21)17-3-1-2-4-20(17)30(25,28)29/h1-13,22H,(H,26,27)(H2,25,28,29). The van der Waals surface area contributed by atoms with Gasteiger partial charge in [0, 0.05) is 11.1 Å². The fraction of sp³-hybridized carbons (Fsp3) is 0.0455. The van der Waals surface area contributed by atoms with Gasteiger partial charge in [-0.3, -0.25) is 0 Å². The number of rotatable bonds is 5. The lowest BCUT2D eigenvalue weighted by molar-refractivity contribution is 0.151. The lowest BCUT2D eigenvalue weighted by atomic mass is 10.1. The molecular weight excluding hydrogens is 408 g/mol. The van der Waals surface area contributed by atoms with Crippen molar-refractivity contribution in [3.05, 3.63) is 83.7 Å². The Kier molecular flexibility index (Phi) is 5.19. The van der Waals surface area contributed by atoms with Gasteiger partial charge in [0.1, 0.15) is 5.82 Å². The topological polar surface area (TPSA) is 88.8 Å². The molecule has 4 aromatic rings. The number of alkyl halides is 2. The number of fused-ring (bicyclic) bond motifs is 1. The maximum absolute atomic E-state index is 12.6. The van der Waals surface area contributed by atoms with E-state index in [4.69, 9.17) is 5.14 Å². The molecule has 0 saturated carbocycles. The van der Waals surface area contributed by atoms with Crippen LogP contribution in [0.2, 0.25) is 0 Å². The van der Waals surface area contributed by atoms with E-state index < -0.39 is 16.4 Å². The number of aromatic nitrogens is 2. The minimum absolute atomic E-state index is 0.0248. The van der Waals surface area contributed by atoms with Crippen molar-refractivity contribution in [1.82, 2.24) is 9.97 Å². The first-order valence-corrected chi connectivity index (χ1v) is 10.5. The Balaban J connectivity index is 1.65. The van der Waals surface area contributed by atoms with E-state index in [-0.39, 0.29) is 10.5 Å². The smallest absolute Gasteiger partial charge is 0.263 e.